The number of hydrogen-bond acceptors (Lipinski definition) is 1. The minimum atomic E-state index is 0.646. The van der Waals surface area contributed by atoms with Crippen LogP contribution in [0.25, 0.3) is 6.08 Å². The molecule has 1 aromatic rings. The van der Waals surface area contributed by atoms with Crippen LogP contribution in [0.15, 0.2) is 30.3 Å². The Labute approximate surface area is 60.0 Å². The molecule has 0 aromatic heterocycles. The van der Waals surface area contributed by atoms with E-state index in [1.807, 2.05) is 30.3 Å². The molecule has 0 bridgehead atoms. The molecule has 1 rings (SSSR count). The van der Waals surface area contributed by atoms with Gasteiger partial charge >= 0.3 is 0 Å². The van der Waals surface area contributed by atoms with Gasteiger partial charge in [0.1, 0.15) is 0 Å². The van der Waals surface area contributed by atoms with Gasteiger partial charge in [0, 0.05) is 6.08 Å². The molecule has 0 spiro atoms. The van der Waals surface area contributed by atoms with Crippen molar-refractivity contribution >= 4 is 12.4 Å². The fraction of sp³-hybridized carbons (Fsp3) is 0. The molecular weight excluding hydrogens is 124 g/mol. The van der Waals surface area contributed by atoms with E-state index in [1.165, 1.54) is 0 Å². The normalized spacial score (nSPS) is 10.0. The van der Waals surface area contributed by atoms with E-state index in [0.717, 1.165) is 5.56 Å². The van der Waals surface area contributed by atoms with Crippen LogP contribution in [0.2, 0.25) is 0 Å². The van der Waals surface area contributed by atoms with Crippen LogP contribution in [-0.2, 0) is 4.79 Å². The fourth-order valence-corrected chi connectivity index (χ4v) is 0.680. The van der Waals surface area contributed by atoms with Crippen LogP contribution < -0.4 is 0 Å². The van der Waals surface area contributed by atoms with E-state index in [9.17, 15) is 4.79 Å². The second kappa shape index (κ2) is 3.62. The van der Waals surface area contributed by atoms with Crippen LogP contribution in [0.4, 0.5) is 0 Å². The van der Waals surface area contributed by atoms with Crippen molar-refractivity contribution < 1.29 is 4.79 Å². The first-order chi connectivity index (χ1) is 4.93. The van der Waals surface area contributed by atoms with Crippen LogP contribution >= 0.6 is 0 Å². The third-order valence-electron chi connectivity index (χ3n) is 1.12. The average molecular weight is 131 g/mol. The summed E-state index contributed by atoms with van der Waals surface area (Å²) in [7, 11) is 0. The Morgan fingerprint density at radius 1 is 1.20 bits per heavy atom. The van der Waals surface area contributed by atoms with Crippen molar-refractivity contribution in [3.63, 3.8) is 0 Å². The van der Waals surface area contributed by atoms with Crippen LogP contribution in [0, 0.1) is 6.08 Å². The van der Waals surface area contributed by atoms with Crippen molar-refractivity contribution in [1.29, 1.82) is 0 Å². The summed E-state index contributed by atoms with van der Waals surface area (Å²) in [4.78, 5) is 9.84. The number of allylic oxidation sites excluding steroid dienone is 1. The summed E-state index contributed by atoms with van der Waals surface area (Å²) in [5.74, 6) is 0. The Morgan fingerprint density at radius 2 is 1.90 bits per heavy atom. The smallest absolute Gasteiger partial charge is 0.150 e. The highest BCUT2D eigenvalue weighted by atomic mass is 16.1. The molecule has 0 atom stereocenters. The summed E-state index contributed by atoms with van der Waals surface area (Å²) < 4.78 is 0. The van der Waals surface area contributed by atoms with E-state index in [4.69, 9.17) is 0 Å². The SMILES string of the molecule is O=C[C]=Cc1ccccc1. The molecule has 0 amide bonds. The first kappa shape index (κ1) is 6.75. The Bertz CT molecular complexity index is 224. The predicted octanol–water partition coefficient (Wildman–Crippen LogP) is 1.70. The molecule has 1 aromatic carbocycles. The largest absolute Gasteiger partial charge is 0.298 e. The van der Waals surface area contributed by atoms with E-state index in [-0.39, 0.29) is 0 Å². The van der Waals surface area contributed by atoms with Gasteiger partial charge in [0.05, 0.1) is 0 Å². The maximum Gasteiger partial charge on any atom is 0.150 e. The summed E-state index contributed by atoms with van der Waals surface area (Å²) in [6.07, 6.45) is 4.75. The molecular formula is C9H7O. The van der Waals surface area contributed by atoms with Gasteiger partial charge in [-0.15, -0.1) is 0 Å². The minimum absolute atomic E-state index is 0.646. The molecule has 49 valence electrons. The Morgan fingerprint density at radius 3 is 2.50 bits per heavy atom. The zero-order valence-electron chi connectivity index (χ0n) is 5.45. The van der Waals surface area contributed by atoms with Crippen molar-refractivity contribution in [2.75, 3.05) is 0 Å². The molecule has 0 fully saturated rings. The molecule has 0 unspecified atom stereocenters. The molecule has 0 saturated carbocycles. The number of rotatable bonds is 2. The van der Waals surface area contributed by atoms with Crippen molar-refractivity contribution in [1.82, 2.24) is 0 Å². The Balaban J connectivity index is 2.76. The van der Waals surface area contributed by atoms with E-state index in [2.05, 4.69) is 6.08 Å². The summed E-state index contributed by atoms with van der Waals surface area (Å²) >= 11 is 0. The van der Waals surface area contributed by atoms with Crippen molar-refractivity contribution in [2.45, 2.75) is 0 Å². The molecule has 1 radical (unpaired) electrons. The van der Waals surface area contributed by atoms with Gasteiger partial charge in [-0.25, -0.2) is 0 Å². The molecule has 0 heterocycles. The summed E-state index contributed by atoms with van der Waals surface area (Å²) in [5.41, 5.74) is 0.995. The lowest BCUT2D eigenvalue weighted by atomic mass is 10.2. The molecule has 0 aliphatic carbocycles. The minimum Gasteiger partial charge on any atom is -0.298 e. The summed E-state index contributed by atoms with van der Waals surface area (Å²) in [5, 5.41) is 0. The molecule has 10 heavy (non-hydrogen) atoms. The lowest BCUT2D eigenvalue weighted by Gasteiger charge is -1.86. The van der Waals surface area contributed by atoms with Gasteiger partial charge in [-0.2, -0.15) is 0 Å². The van der Waals surface area contributed by atoms with Crippen LogP contribution in [0.5, 0.6) is 0 Å². The summed E-state index contributed by atoms with van der Waals surface area (Å²) in [6.45, 7) is 0. The van der Waals surface area contributed by atoms with Gasteiger partial charge in [-0.1, -0.05) is 30.3 Å². The van der Waals surface area contributed by atoms with Gasteiger partial charge in [0.15, 0.2) is 6.29 Å². The van der Waals surface area contributed by atoms with Gasteiger partial charge in [0.2, 0.25) is 0 Å². The monoisotopic (exact) mass is 131 g/mol. The maximum atomic E-state index is 9.84. The lowest BCUT2D eigenvalue weighted by Crippen LogP contribution is -1.68. The second-order valence-electron chi connectivity index (χ2n) is 1.84. The standard InChI is InChI=1S/C9H7O/c10-8-4-7-9-5-2-1-3-6-9/h1-3,5-8H. The predicted molar refractivity (Wildman–Crippen MR) is 40.2 cm³/mol. The number of benzene rings is 1. The zero-order chi connectivity index (χ0) is 7.23. The Hall–Kier alpha value is -1.37. The van der Waals surface area contributed by atoms with E-state index < -0.39 is 0 Å². The third-order valence-corrected chi connectivity index (χ3v) is 1.12. The van der Waals surface area contributed by atoms with Crippen molar-refractivity contribution in [2.24, 2.45) is 0 Å². The van der Waals surface area contributed by atoms with Gasteiger partial charge in [-0.3, -0.25) is 4.79 Å². The van der Waals surface area contributed by atoms with Gasteiger partial charge in [0.25, 0.3) is 0 Å². The van der Waals surface area contributed by atoms with Gasteiger partial charge < -0.3 is 0 Å². The maximum absolute atomic E-state index is 9.84. The number of carbonyl (C=O) groups excluding carboxylic acids is 1. The van der Waals surface area contributed by atoms with Crippen LogP contribution in [0.1, 0.15) is 5.56 Å². The van der Waals surface area contributed by atoms with Gasteiger partial charge in [-0.05, 0) is 11.6 Å². The number of hydrogen-bond donors (Lipinski definition) is 0. The number of carbonyl (C=O) groups is 1. The van der Waals surface area contributed by atoms with Crippen LogP contribution in [0.3, 0.4) is 0 Å². The highest BCUT2D eigenvalue weighted by Crippen LogP contribution is 1.98. The van der Waals surface area contributed by atoms with E-state index in [0.29, 0.717) is 6.29 Å². The van der Waals surface area contributed by atoms with Crippen molar-refractivity contribution in [3.05, 3.63) is 42.0 Å². The molecule has 0 aliphatic rings. The first-order valence-electron chi connectivity index (χ1n) is 3.01. The quantitative estimate of drug-likeness (QED) is 0.441. The molecule has 0 N–H and O–H groups in total. The highest BCUT2D eigenvalue weighted by Gasteiger charge is 1.79. The summed E-state index contributed by atoms with van der Waals surface area (Å²) in [6, 6.07) is 9.59. The zero-order valence-corrected chi connectivity index (χ0v) is 5.45. The fourth-order valence-electron chi connectivity index (χ4n) is 0.680. The molecule has 0 aliphatic heterocycles. The Kier molecular flexibility index (Phi) is 2.44. The van der Waals surface area contributed by atoms with E-state index in [1.54, 1.807) is 6.08 Å². The van der Waals surface area contributed by atoms with E-state index >= 15 is 0 Å². The average Bonchev–Trinajstić information content (AvgIpc) is 2.03. The first-order valence-corrected chi connectivity index (χ1v) is 3.01. The van der Waals surface area contributed by atoms with Crippen LogP contribution in [-0.4, -0.2) is 6.29 Å². The van der Waals surface area contributed by atoms with Crippen molar-refractivity contribution in [3.8, 4) is 0 Å². The highest BCUT2D eigenvalue weighted by molar-refractivity contribution is 5.68. The second-order valence-corrected chi connectivity index (χ2v) is 1.84. The molecule has 1 heteroatoms. The lowest BCUT2D eigenvalue weighted by molar-refractivity contribution is -0.104. The molecule has 0 saturated heterocycles. The molecule has 1 nitrogen and oxygen atoms in total. The topological polar surface area (TPSA) is 17.1 Å². The number of aldehydes is 1. The third kappa shape index (κ3) is 1.86.